The van der Waals surface area contributed by atoms with E-state index in [4.69, 9.17) is 5.10 Å². The highest BCUT2D eigenvalue weighted by Crippen LogP contribution is 2.31. The molecule has 3 nitrogen and oxygen atoms in total. The van der Waals surface area contributed by atoms with Crippen LogP contribution in [0.25, 0.3) is 5.69 Å². The number of aromatic nitrogens is 2. The van der Waals surface area contributed by atoms with Gasteiger partial charge >= 0.3 is 0 Å². The van der Waals surface area contributed by atoms with Crippen LogP contribution in [0.5, 0.6) is 0 Å². The van der Waals surface area contributed by atoms with Crippen molar-refractivity contribution < 1.29 is 4.79 Å². The van der Waals surface area contributed by atoms with Gasteiger partial charge in [-0.3, -0.25) is 4.79 Å². The molecule has 1 aliphatic rings. The number of fused-ring (bicyclic) bond motifs is 1. The molecule has 0 fully saturated rings. The molecule has 1 aromatic heterocycles. The molecule has 134 valence electrons. The fraction of sp³-hybridized carbons (Fsp3) is 0.524. The number of ketones is 1. The van der Waals surface area contributed by atoms with Gasteiger partial charge < -0.3 is 0 Å². The first-order chi connectivity index (χ1) is 11.7. The standard InChI is InChI=1S/C21H27IN2O/c1-14(13-21(2,3)4)12-17-20-18(6-5-7-19(20)25)24(23-17)16-10-8-15(22)9-11-16/h8-11,14H,5-7,12-13H2,1-4H3. The summed E-state index contributed by atoms with van der Waals surface area (Å²) < 4.78 is 3.22. The zero-order valence-corrected chi connectivity index (χ0v) is 17.8. The van der Waals surface area contributed by atoms with Gasteiger partial charge in [0.25, 0.3) is 0 Å². The van der Waals surface area contributed by atoms with Crippen molar-refractivity contribution in [1.29, 1.82) is 0 Å². The number of nitrogens with zero attached hydrogens (tertiary/aromatic N) is 2. The van der Waals surface area contributed by atoms with Crippen LogP contribution < -0.4 is 0 Å². The maximum absolute atomic E-state index is 12.6. The number of carbonyl (C=O) groups is 1. The number of hydrogen-bond acceptors (Lipinski definition) is 2. The molecule has 3 rings (SSSR count). The molecule has 1 aliphatic carbocycles. The number of Topliss-reactive ketones (excluding diaryl/α,β-unsaturated/α-hetero) is 1. The van der Waals surface area contributed by atoms with Crippen LogP contribution in [0.15, 0.2) is 24.3 Å². The van der Waals surface area contributed by atoms with Crippen LogP contribution >= 0.6 is 22.6 Å². The summed E-state index contributed by atoms with van der Waals surface area (Å²) in [6, 6.07) is 8.38. The van der Waals surface area contributed by atoms with Crippen molar-refractivity contribution in [3.8, 4) is 5.69 Å². The van der Waals surface area contributed by atoms with Gasteiger partial charge in [0.05, 0.1) is 22.6 Å². The van der Waals surface area contributed by atoms with Gasteiger partial charge in [-0.1, -0.05) is 27.7 Å². The van der Waals surface area contributed by atoms with Crippen LogP contribution in [0, 0.1) is 14.9 Å². The molecule has 0 bridgehead atoms. The molecular formula is C21H27IN2O. The lowest BCUT2D eigenvalue weighted by Gasteiger charge is -2.23. The lowest BCUT2D eigenvalue weighted by molar-refractivity contribution is 0.0971. The summed E-state index contributed by atoms with van der Waals surface area (Å²) in [5.74, 6) is 0.787. The molecule has 0 saturated heterocycles. The van der Waals surface area contributed by atoms with E-state index in [2.05, 4.69) is 74.6 Å². The molecule has 1 aromatic carbocycles. The van der Waals surface area contributed by atoms with E-state index in [0.29, 0.717) is 17.8 Å². The first kappa shape index (κ1) is 18.6. The Kier molecular flexibility index (Phi) is 5.37. The quantitative estimate of drug-likeness (QED) is 0.568. The smallest absolute Gasteiger partial charge is 0.166 e. The van der Waals surface area contributed by atoms with Crippen molar-refractivity contribution in [3.63, 3.8) is 0 Å². The van der Waals surface area contributed by atoms with Gasteiger partial charge in [0.15, 0.2) is 5.78 Å². The van der Waals surface area contributed by atoms with E-state index in [0.717, 1.165) is 48.3 Å². The summed E-state index contributed by atoms with van der Waals surface area (Å²) in [7, 11) is 0. The molecule has 25 heavy (non-hydrogen) atoms. The topological polar surface area (TPSA) is 34.9 Å². The minimum absolute atomic E-state index is 0.274. The molecule has 0 saturated carbocycles. The predicted octanol–water partition coefficient (Wildman–Crippen LogP) is 5.61. The van der Waals surface area contributed by atoms with Crippen LogP contribution in [0.1, 0.15) is 68.7 Å². The minimum Gasteiger partial charge on any atom is -0.294 e. The van der Waals surface area contributed by atoms with Gasteiger partial charge in [0.2, 0.25) is 0 Å². The molecule has 0 radical (unpaired) electrons. The Morgan fingerprint density at radius 3 is 2.52 bits per heavy atom. The van der Waals surface area contributed by atoms with Crippen LogP contribution in [-0.4, -0.2) is 15.6 Å². The third kappa shape index (κ3) is 4.33. The second kappa shape index (κ2) is 7.22. The molecule has 0 amide bonds. The second-order valence-electron chi connectivity index (χ2n) is 8.51. The van der Waals surface area contributed by atoms with Crippen molar-refractivity contribution in [3.05, 3.63) is 44.8 Å². The maximum Gasteiger partial charge on any atom is 0.166 e. The Bertz CT molecular complexity index is 768. The van der Waals surface area contributed by atoms with Crippen molar-refractivity contribution in [2.45, 2.75) is 59.8 Å². The lowest BCUT2D eigenvalue weighted by atomic mass is 9.82. The summed E-state index contributed by atoms with van der Waals surface area (Å²) >= 11 is 2.31. The molecule has 1 unspecified atom stereocenters. The average molecular weight is 450 g/mol. The van der Waals surface area contributed by atoms with Crippen molar-refractivity contribution >= 4 is 28.4 Å². The summed E-state index contributed by atoms with van der Waals surface area (Å²) in [4.78, 5) is 12.6. The fourth-order valence-corrected chi connectivity index (χ4v) is 4.34. The second-order valence-corrected chi connectivity index (χ2v) is 9.75. The predicted molar refractivity (Wildman–Crippen MR) is 110 cm³/mol. The lowest BCUT2D eigenvalue weighted by Crippen LogP contribution is -2.16. The SMILES string of the molecule is CC(Cc1nn(-c2ccc(I)cc2)c2c1C(=O)CCC2)CC(C)(C)C. The highest BCUT2D eigenvalue weighted by atomic mass is 127. The number of rotatable bonds is 4. The highest BCUT2D eigenvalue weighted by molar-refractivity contribution is 14.1. The number of halogens is 1. The molecule has 0 N–H and O–H groups in total. The van der Waals surface area contributed by atoms with Gasteiger partial charge in [-0.2, -0.15) is 5.10 Å². The average Bonchev–Trinajstić information content (AvgIpc) is 2.86. The molecule has 1 atom stereocenters. The van der Waals surface area contributed by atoms with Gasteiger partial charge in [0.1, 0.15) is 0 Å². The van der Waals surface area contributed by atoms with Crippen molar-refractivity contribution in [2.75, 3.05) is 0 Å². The minimum atomic E-state index is 0.274. The van der Waals surface area contributed by atoms with Crippen LogP contribution in [0.2, 0.25) is 0 Å². The number of carbonyl (C=O) groups excluding carboxylic acids is 1. The molecular weight excluding hydrogens is 423 g/mol. The molecule has 1 heterocycles. The molecule has 0 aliphatic heterocycles. The van der Waals surface area contributed by atoms with E-state index in [1.807, 2.05) is 4.68 Å². The van der Waals surface area contributed by atoms with E-state index in [-0.39, 0.29) is 5.78 Å². The first-order valence-corrected chi connectivity index (χ1v) is 10.2. The first-order valence-electron chi connectivity index (χ1n) is 9.14. The molecule has 2 aromatic rings. The van der Waals surface area contributed by atoms with Crippen LogP contribution in [0.3, 0.4) is 0 Å². The Balaban J connectivity index is 1.98. The normalized spacial score (nSPS) is 16.0. The largest absolute Gasteiger partial charge is 0.294 e. The molecule has 0 spiro atoms. The third-order valence-corrected chi connectivity index (χ3v) is 5.44. The Hall–Kier alpha value is -1.17. The Labute approximate surface area is 164 Å². The van der Waals surface area contributed by atoms with Crippen molar-refractivity contribution in [2.24, 2.45) is 11.3 Å². The summed E-state index contributed by atoms with van der Waals surface area (Å²) in [6.07, 6.45) is 4.54. The zero-order valence-electron chi connectivity index (χ0n) is 15.6. The number of benzene rings is 1. The van der Waals surface area contributed by atoms with Crippen molar-refractivity contribution in [1.82, 2.24) is 9.78 Å². The van der Waals surface area contributed by atoms with E-state index in [1.165, 1.54) is 3.57 Å². The van der Waals surface area contributed by atoms with Gasteiger partial charge in [-0.25, -0.2) is 4.68 Å². The van der Waals surface area contributed by atoms with E-state index in [1.54, 1.807) is 0 Å². The Morgan fingerprint density at radius 2 is 1.88 bits per heavy atom. The van der Waals surface area contributed by atoms with Crippen LogP contribution in [0.4, 0.5) is 0 Å². The van der Waals surface area contributed by atoms with Gasteiger partial charge in [0, 0.05) is 9.99 Å². The summed E-state index contributed by atoms with van der Waals surface area (Å²) in [5.41, 5.74) is 4.36. The third-order valence-electron chi connectivity index (χ3n) is 4.72. The highest BCUT2D eigenvalue weighted by Gasteiger charge is 2.28. The van der Waals surface area contributed by atoms with E-state index < -0.39 is 0 Å². The van der Waals surface area contributed by atoms with Gasteiger partial charge in [-0.05, 0) is 83.9 Å². The number of hydrogen-bond donors (Lipinski definition) is 0. The van der Waals surface area contributed by atoms with E-state index >= 15 is 0 Å². The zero-order chi connectivity index (χ0) is 18.2. The van der Waals surface area contributed by atoms with Gasteiger partial charge in [-0.15, -0.1) is 0 Å². The fourth-order valence-electron chi connectivity index (χ4n) is 3.98. The summed E-state index contributed by atoms with van der Waals surface area (Å²) in [6.45, 7) is 9.09. The monoisotopic (exact) mass is 450 g/mol. The Morgan fingerprint density at radius 1 is 1.20 bits per heavy atom. The maximum atomic E-state index is 12.6. The summed E-state index contributed by atoms with van der Waals surface area (Å²) in [5, 5.41) is 4.91. The molecule has 4 heteroatoms. The van der Waals surface area contributed by atoms with E-state index in [9.17, 15) is 4.79 Å². The van der Waals surface area contributed by atoms with Crippen LogP contribution in [-0.2, 0) is 12.8 Å².